The SMILES string of the molecule is CC1CCC(NC(=O)NC[C@@H]2COc3ccccc3O2)CC1. The van der Waals surface area contributed by atoms with Gasteiger partial charge in [0.25, 0.3) is 0 Å². The van der Waals surface area contributed by atoms with E-state index in [0.717, 1.165) is 30.3 Å². The number of hydrogen-bond donors (Lipinski definition) is 2. The van der Waals surface area contributed by atoms with E-state index in [9.17, 15) is 4.79 Å². The zero-order chi connectivity index (χ0) is 15.4. The third-order valence-electron chi connectivity index (χ3n) is 4.41. The summed E-state index contributed by atoms with van der Waals surface area (Å²) in [5.41, 5.74) is 0. The van der Waals surface area contributed by atoms with Gasteiger partial charge in [-0.15, -0.1) is 0 Å². The Morgan fingerprint density at radius 2 is 1.91 bits per heavy atom. The molecule has 1 heterocycles. The fourth-order valence-corrected chi connectivity index (χ4v) is 3.01. The van der Waals surface area contributed by atoms with Crippen molar-refractivity contribution in [1.82, 2.24) is 10.6 Å². The fraction of sp³-hybridized carbons (Fsp3) is 0.588. The molecule has 0 unspecified atom stereocenters. The predicted molar refractivity (Wildman–Crippen MR) is 84.3 cm³/mol. The summed E-state index contributed by atoms with van der Waals surface area (Å²) in [5, 5.41) is 5.94. The molecule has 120 valence electrons. The molecule has 0 aromatic heterocycles. The van der Waals surface area contributed by atoms with Crippen LogP contribution >= 0.6 is 0 Å². The van der Waals surface area contributed by atoms with Gasteiger partial charge < -0.3 is 20.1 Å². The van der Waals surface area contributed by atoms with E-state index in [1.54, 1.807) is 0 Å². The minimum Gasteiger partial charge on any atom is -0.486 e. The standard InChI is InChI=1S/C17H24N2O3/c1-12-6-8-13(9-7-12)19-17(20)18-10-14-11-21-15-4-2-3-5-16(15)22-14/h2-5,12-14H,6-11H2,1H3,(H2,18,19,20)/t12?,13?,14-/m1/s1. The fourth-order valence-electron chi connectivity index (χ4n) is 3.01. The van der Waals surface area contributed by atoms with E-state index in [-0.39, 0.29) is 12.1 Å². The lowest BCUT2D eigenvalue weighted by atomic mass is 9.87. The van der Waals surface area contributed by atoms with Crippen LogP contribution in [0.5, 0.6) is 11.5 Å². The molecule has 22 heavy (non-hydrogen) atoms. The Balaban J connectivity index is 1.40. The van der Waals surface area contributed by atoms with E-state index in [4.69, 9.17) is 9.47 Å². The number of benzene rings is 1. The van der Waals surface area contributed by atoms with Crippen molar-refractivity contribution in [2.75, 3.05) is 13.2 Å². The van der Waals surface area contributed by atoms with Crippen molar-refractivity contribution >= 4 is 6.03 Å². The summed E-state index contributed by atoms with van der Waals surface area (Å²) in [6.45, 7) is 3.18. The van der Waals surface area contributed by atoms with E-state index < -0.39 is 0 Å². The second-order valence-electron chi connectivity index (χ2n) is 6.31. The lowest BCUT2D eigenvalue weighted by Gasteiger charge is -2.28. The first-order chi connectivity index (χ1) is 10.7. The molecule has 1 aromatic carbocycles. The van der Waals surface area contributed by atoms with Crippen molar-refractivity contribution in [3.05, 3.63) is 24.3 Å². The molecule has 1 aliphatic heterocycles. The first kappa shape index (κ1) is 15.0. The van der Waals surface area contributed by atoms with Crippen molar-refractivity contribution in [3.8, 4) is 11.5 Å². The smallest absolute Gasteiger partial charge is 0.315 e. The number of fused-ring (bicyclic) bond motifs is 1. The number of amides is 2. The van der Waals surface area contributed by atoms with Gasteiger partial charge in [-0.25, -0.2) is 4.79 Å². The molecule has 1 aliphatic carbocycles. The Bertz CT molecular complexity index is 512. The lowest BCUT2D eigenvalue weighted by Crippen LogP contribution is -2.48. The van der Waals surface area contributed by atoms with Crippen LogP contribution in [0.25, 0.3) is 0 Å². The van der Waals surface area contributed by atoms with E-state index in [0.29, 0.717) is 19.2 Å². The molecule has 0 radical (unpaired) electrons. The average Bonchev–Trinajstić information content (AvgIpc) is 2.55. The highest BCUT2D eigenvalue weighted by molar-refractivity contribution is 5.74. The molecule has 5 heteroatoms. The van der Waals surface area contributed by atoms with Gasteiger partial charge in [-0.05, 0) is 43.7 Å². The Kier molecular flexibility index (Phi) is 4.71. The number of rotatable bonds is 3. The maximum atomic E-state index is 12.0. The van der Waals surface area contributed by atoms with Crippen molar-refractivity contribution in [2.45, 2.75) is 44.8 Å². The van der Waals surface area contributed by atoms with Crippen LogP contribution < -0.4 is 20.1 Å². The second-order valence-corrected chi connectivity index (χ2v) is 6.31. The van der Waals surface area contributed by atoms with Gasteiger partial charge in [0.2, 0.25) is 0 Å². The Labute approximate surface area is 131 Å². The van der Waals surface area contributed by atoms with Gasteiger partial charge in [-0.3, -0.25) is 0 Å². The van der Waals surface area contributed by atoms with Crippen molar-refractivity contribution in [1.29, 1.82) is 0 Å². The normalized spacial score (nSPS) is 27.0. The van der Waals surface area contributed by atoms with Crippen LogP contribution in [0.15, 0.2) is 24.3 Å². The van der Waals surface area contributed by atoms with Crippen LogP contribution in [-0.4, -0.2) is 31.3 Å². The zero-order valence-electron chi connectivity index (χ0n) is 13.0. The summed E-state index contributed by atoms with van der Waals surface area (Å²) in [6, 6.07) is 7.79. The minimum atomic E-state index is -0.146. The molecule has 0 saturated heterocycles. The van der Waals surface area contributed by atoms with Gasteiger partial charge in [0.15, 0.2) is 17.6 Å². The first-order valence-corrected chi connectivity index (χ1v) is 8.13. The summed E-state index contributed by atoms with van der Waals surface area (Å²) < 4.78 is 11.5. The van der Waals surface area contributed by atoms with E-state index >= 15 is 0 Å². The summed E-state index contributed by atoms with van der Waals surface area (Å²) in [4.78, 5) is 12.0. The molecule has 2 aliphatic rings. The maximum Gasteiger partial charge on any atom is 0.315 e. The number of hydrogen-bond acceptors (Lipinski definition) is 3. The second kappa shape index (κ2) is 6.90. The molecule has 0 bridgehead atoms. The maximum absolute atomic E-state index is 12.0. The van der Waals surface area contributed by atoms with Crippen LogP contribution in [0.1, 0.15) is 32.6 Å². The quantitative estimate of drug-likeness (QED) is 0.902. The zero-order valence-corrected chi connectivity index (χ0v) is 13.0. The molecule has 1 fully saturated rings. The minimum absolute atomic E-state index is 0.109. The van der Waals surface area contributed by atoms with Gasteiger partial charge in [0, 0.05) is 6.04 Å². The van der Waals surface area contributed by atoms with Gasteiger partial charge in [-0.2, -0.15) is 0 Å². The lowest BCUT2D eigenvalue weighted by molar-refractivity contribution is 0.0916. The van der Waals surface area contributed by atoms with Gasteiger partial charge in [0.05, 0.1) is 6.54 Å². The highest BCUT2D eigenvalue weighted by atomic mass is 16.6. The van der Waals surface area contributed by atoms with Crippen LogP contribution in [0.3, 0.4) is 0 Å². The highest BCUT2D eigenvalue weighted by Crippen LogP contribution is 2.30. The molecule has 5 nitrogen and oxygen atoms in total. The topological polar surface area (TPSA) is 59.6 Å². The summed E-state index contributed by atoms with van der Waals surface area (Å²) in [6.07, 6.45) is 4.39. The Hall–Kier alpha value is -1.91. The number of ether oxygens (including phenoxy) is 2. The molecule has 1 saturated carbocycles. The van der Waals surface area contributed by atoms with E-state index in [2.05, 4.69) is 17.6 Å². The van der Waals surface area contributed by atoms with Crippen molar-refractivity contribution < 1.29 is 14.3 Å². The molecule has 1 aromatic rings. The predicted octanol–water partition coefficient (Wildman–Crippen LogP) is 2.70. The van der Waals surface area contributed by atoms with Crippen LogP contribution in [0.4, 0.5) is 4.79 Å². The largest absolute Gasteiger partial charge is 0.486 e. The highest BCUT2D eigenvalue weighted by Gasteiger charge is 2.23. The molecule has 0 spiro atoms. The van der Waals surface area contributed by atoms with Crippen LogP contribution in [0, 0.1) is 5.92 Å². The number of urea groups is 1. The Morgan fingerprint density at radius 3 is 2.68 bits per heavy atom. The molecule has 2 N–H and O–H groups in total. The van der Waals surface area contributed by atoms with Gasteiger partial charge in [-0.1, -0.05) is 19.1 Å². The Morgan fingerprint density at radius 1 is 1.18 bits per heavy atom. The van der Waals surface area contributed by atoms with Crippen molar-refractivity contribution in [3.63, 3.8) is 0 Å². The summed E-state index contributed by atoms with van der Waals surface area (Å²) in [5.74, 6) is 2.29. The van der Waals surface area contributed by atoms with Gasteiger partial charge in [0.1, 0.15) is 6.61 Å². The van der Waals surface area contributed by atoms with Crippen molar-refractivity contribution in [2.24, 2.45) is 5.92 Å². The third kappa shape index (κ3) is 3.84. The molecule has 1 atom stereocenters. The van der Waals surface area contributed by atoms with Crippen LogP contribution in [0.2, 0.25) is 0 Å². The monoisotopic (exact) mass is 304 g/mol. The molecule has 2 amide bonds. The average molecular weight is 304 g/mol. The van der Waals surface area contributed by atoms with E-state index in [1.807, 2.05) is 24.3 Å². The van der Waals surface area contributed by atoms with Crippen LogP contribution in [-0.2, 0) is 0 Å². The number of carbonyl (C=O) groups excluding carboxylic acids is 1. The first-order valence-electron chi connectivity index (χ1n) is 8.13. The summed E-state index contributed by atoms with van der Waals surface area (Å²) in [7, 11) is 0. The molecule has 3 rings (SSSR count). The number of carbonyl (C=O) groups is 1. The van der Waals surface area contributed by atoms with Gasteiger partial charge >= 0.3 is 6.03 Å². The third-order valence-corrected chi connectivity index (χ3v) is 4.41. The summed E-state index contributed by atoms with van der Waals surface area (Å²) >= 11 is 0. The molecular formula is C17H24N2O3. The number of nitrogens with one attached hydrogen (secondary N) is 2. The molecular weight excluding hydrogens is 280 g/mol. The van der Waals surface area contributed by atoms with E-state index in [1.165, 1.54) is 12.8 Å². The number of para-hydroxylation sites is 2.